The second kappa shape index (κ2) is 4.77. The van der Waals surface area contributed by atoms with E-state index in [0.717, 1.165) is 6.26 Å². The molecule has 0 radical (unpaired) electrons. The Labute approximate surface area is 91.2 Å². The lowest BCUT2D eigenvalue weighted by atomic mass is 10.5. The topological polar surface area (TPSA) is 88.5 Å². The van der Waals surface area contributed by atoms with Gasteiger partial charge in [-0.1, -0.05) is 0 Å². The molecule has 1 N–H and O–H groups in total. The zero-order valence-electron chi connectivity index (χ0n) is 9.17. The van der Waals surface area contributed by atoms with Crippen molar-refractivity contribution in [3.8, 4) is 0 Å². The van der Waals surface area contributed by atoms with E-state index in [1.165, 1.54) is 0 Å². The molecular weight excluding hydrogens is 242 g/mol. The van der Waals surface area contributed by atoms with Crippen molar-refractivity contribution in [1.82, 2.24) is 0 Å². The number of hydrogen-bond donors (Lipinski definition) is 1. The molecule has 0 aliphatic rings. The van der Waals surface area contributed by atoms with Crippen LogP contribution in [0.25, 0.3) is 0 Å². The van der Waals surface area contributed by atoms with Crippen LogP contribution in [-0.4, -0.2) is 70.8 Å². The third-order valence-electron chi connectivity index (χ3n) is 2.02. The lowest BCUT2D eigenvalue weighted by Gasteiger charge is -2.28. The molecule has 0 rings (SSSR count). The first kappa shape index (κ1) is 14.8. The van der Waals surface area contributed by atoms with Gasteiger partial charge in [0, 0.05) is 6.26 Å². The van der Waals surface area contributed by atoms with Gasteiger partial charge in [-0.15, -0.1) is 0 Å². The van der Waals surface area contributed by atoms with Crippen molar-refractivity contribution in [2.45, 2.75) is 0 Å². The van der Waals surface area contributed by atoms with E-state index >= 15 is 0 Å². The predicted molar refractivity (Wildman–Crippen MR) is 58.0 cm³/mol. The summed E-state index contributed by atoms with van der Waals surface area (Å²) in [5.41, 5.74) is 0. The van der Waals surface area contributed by atoms with Gasteiger partial charge in [0.25, 0.3) is 10.1 Å². The van der Waals surface area contributed by atoms with Crippen molar-refractivity contribution in [1.29, 1.82) is 0 Å². The normalized spacial score (nSPS) is 14.1. The lowest BCUT2D eigenvalue weighted by Crippen LogP contribution is -2.46. The Hall–Kier alpha value is -0.180. The molecule has 0 aliphatic carbocycles. The number of sulfone groups is 1. The third-order valence-corrected chi connectivity index (χ3v) is 3.64. The Morgan fingerprint density at radius 2 is 1.40 bits per heavy atom. The third kappa shape index (κ3) is 10.1. The monoisotopic (exact) mass is 260 g/mol. The smallest absolute Gasteiger partial charge is 0.270 e. The maximum absolute atomic E-state index is 10.9. The highest BCUT2D eigenvalue weighted by Crippen LogP contribution is 1.99. The highest BCUT2D eigenvalue weighted by atomic mass is 32.2. The lowest BCUT2D eigenvalue weighted by molar-refractivity contribution is -0.885. The van der Waals surface area contributed by atoms with E-state index in [4.69, 9.17) is 4.55 Å². The van der Waals surface area contributed by atoms with Gasteiger partial charge in [-0.05, 0) is 0 Å². The van der Waals surface area contributed by atoms with Gasteiger partial charge in [0.05, 0.1) is 32.9 Å². The molecule has 0 saturated heterocycles. The number of rotatable bonds is 6. The number of quaternary nitrogens is 1. The maximum Gasteiger partial charge on any atom is 0.270 e. The van der Waals surface area contributed by atoms with Crippen molar-refractivity contribution in [3.63, 3.8) is 0 Å². The molecule has 0 fully saturated rings. The molecule has 0 heterocycles. The summed E-state index contributed by atoms with van der Waals surface area (Å²) in [6.45, 7) is 0.517. The average Bonchev–Trinajstić information content (AvgIpc) is 1.96. The first-order valence-corrected chi connectivity index (χ1v) is 8.03. The Balaban J connectivity index is 4.21. The largest absolute Gasteiger partial charge is 0.327 e. The summed E-state index contributed by atoms with van der Waals surface area (Å²) in [7, 11) is -3.58. The van der Waals surface area contributed by atoms with Gasteiger partial charge in [-0.3, -0.25) is 4.55 Å². The number of hydrogen-bond acceptors (Lipinski definition) is 4. The summed E-state index contributed by atoms with van der Waals surface area (Å²) in [6, 6.07) is 0. The molecule has 0 aliphatic heterocycles. The molecule has 92 valence electrons. The summed E-state index contributed by atoms with van der Waals surface area (Å²) in [5, 5.41) is 0. The second-order valence-corrected chi connectivity index (χ2v) is 8.13. The highest BCUT2D eigenvalue weighted by Gasteiger charge is 2.20. The zero-order valence-corrected chi connectivity index (χ0v) is 10.8. The second-order valence-electron chi connectivity index (χ2n) is 4.30. The van der Waals surface area contributed by atoms with E-state index < -0.39 is 20.0 Å². The first-order valence-electron chi connectivity index (χ1n) is 4.36. The van der Waals surface area contributed by atoms with Crippen LogP contribution in [0.1, 0.15) is 0 Å². The van der Waals surface area contributed by atoms with E-state index in [9.17, 15) is 16.8 Å². The summed E-state index contributed by atoms with van der Waals surface area (Å²) < 4.78 is 51.6. The fraction of sp³-hybridized carbons (Fsp3) is 1.00. The van der Waals surface area contributed by atoms with Crippen molar-refractivity contribution in [2.75, 3.05) is 44.9 Å². The van der Waals surface area contributed by atoms with Crippen LogP contribution in [0.4, 0.5) is 0 Å². The van der Waals surface area contributed by atoms with Crippen LogP contribution >= 0.6 is 0 Å². The molecule has 6 nitrogen and oxygen atoms in total. The summed E-state index contributed by atoms with van der Waals surface area (Å²) in [5.74, 6) is -0.352. The van der Waals surface area contributed by atoms with E-state index in [-0.39, 0.29) is 22.5 Å². The van der Waals surface area contributed by atoms with E-state index in [2.05, 4.69) is 0 Å². The molecule has 0 aromatic carbocycles. The Morgan fingerprint density at radius 1 is 1.00 bits per heavy atom. The van der Waals surface area contributed by atoms with Gasteiger partial charge in [-0.2, -0.15) is 8.42 Å². The maximum atomic E-state index is 10.9. The minimum atomic E-state index is -3.98. The quantitative estimate of drug-likeness (QED) is 0.488. The molecule has 0 atom stereocenters. The fourth-order valence-electron chi connectivity index (χ4n) is 0.887. The van der Waals surface area contributed by atoms with Crippen LogP contribution in [0.3, 0.4) is 0 Å². The molecule has 0 aromatic rings. The first-order chi connectivity index (χ1) is 6.41. The highest BCUT2D eigenvalue weighted by molar-refractivity contribution is 7.90. The van der Waals surface area contributed by atoms with E-state index in [1.807, 2.05) is 0 Å². The van der Waals surface area contributed by atoms with Crippen LogP contribution in [0, 0.1) is 0 Å². The molecule has 0 saturated carbocycles. The summed E-state index contributed by atoms with van der Waals surface area (Å²) in [4.78, 5) is 0. The molecule has 0 aromatic heterocycles. The van der Waals surface area contributed by atoms with Gasteiger partial charge in [0.1, 0.15) is 5.75 Å². The molecule has 15 heavy (non-hydrogen) atoms. The Kier molecular flexibility index (Phi) is 4.71. The molecule has 0 amide bonds. The van der Waals surface area contributed by atoms with Gasteiger partial charge in [0.2, 0.25) is 0 Å². The van der Waals surface area contributed by atoms with E-state index in [1.54, 1.807) is 14.1 Å². The Bertz CT molecular complexity index is 357. The zero-order chi connectivity index (χ0) is 12.3. The van der Waals surface area contributed by atoms with Crippen LogP contribution in [0.2, 0.25) is 0 Å². The van der Waals surface area contributed by atoms with Crippen molar-refractivity contribution in [3.05, 3.63) is 0 Å². The molecule has 0 bridgehead atoms. The van der Waals surface area contributed by atoms with Crippen LogP contribution in [-0.2, 0) is 20.0 Å². The van der Waals surface area contributed by atoms with Crippen molar-refractivity contribution in [2.24, 2.45) is 0 Å². The number of nitrogens with zero attached hydrogens (tertiary/aromatic N) is 1. The van der Waals surface area contributed by atoms with Crippen LogP contribution in [0.15, 0.2) is 0 Å². The molecule has 0 unspecified atom stereocenters. The van der Waals surface area contributed by atoms with E-state index in [0.29, 0.717) is 6.54 Å². The van der Waals surface area contributed by atoms with Crippen molar-refractivity contribution < 1.29 is 25.9 Å². The Morgan fingerprint density at radius 3 is 1.73 bits per heavy atom. The molecule has 8 heteroatoms. The van der Waals surface area contributed by atoms with Gasteiger partial charge in [0.15, 0.2) is 9.84 Å². The van der Waals surface area contributed by atoms with Gasteiger partial charge < -0.3 is 4.48 Å². The summed E-state index contributed by atoms with van der Waals surface area (Å²) in [6.07, 6.45) is 1.13. The average molecular weight is 260 g/mol. The van der Waals surface area contributed by atoms with Crippen LogP contribution < -0.4 is 0 Å². The SMILES string of the molecule is C[N+](C)(CCS(C)(=O)=O)CCS(=O)(=O)O. The minimum absolute atomic E-state index is 0.00543. The molecule has 0 spiro atoms. The minimum Gasteiger partial charge on any atom is -0.327 e. The van der Waals surface area contributed by atoms with Gasteiger partial charge >= 0.3 is 0 Å². The van der Waals surface area contributed by atoms with Crippen LogP contribution in [0.5, 0.6) is 0 Å². The fourth-order valence-corrected chi connectivity index (χ4v) is 2.44. The predicted octanol–water partition coefficient (Wildman–Crippen LogP) is -1.00. The van der Waals surface area contributed by atoms with Gasteiger partial charge in [-0.25, -0.2) is 8.42 Å². The molecular formula is C7H18NO5S2+. The summed E-state index contributed by atoms with van der Waals surface area (Å²) >= 11 is 0. The van der Waals surface area contributed by atoms with Crippen molar-refractivity contribution >= 4 is 20.0 Å². The standard InChI is InChI=1S/C7H17NO5S2/c1-8(2,4-6-14(3,9)10)5-7-15(11,12)13/h4-7H2,1-3H3/p+1.